The van der Waals surface area contributed by atoms with Gasteiger partial charge in [-0.3, -0.25) is 9.59 Å². The van der Waals surface area contributed by atoms with Crippen molar-refractivity contribution in [2.75, 3.05) is 7.05 Å². The Bertz CT molecular complexity index is 150. The van der Waals surface area contributed by atoms with Crippen LogP contribution in [0.15, 0.2) is 0 Å². The van der Waals surface area contributed by atoms with Crippen molar-refractivity contribution in [3.8, 4) is 0 Å². The van der Waals surface area contributed by atoms with Crippen molar-refractivity contribution in [1.29, 1.82) is 0 Å². The van der Waals surface area contributed by atoms with Crippen LogP contribution in [0, 0.1) is 0 Å². The second kappa shape index (κ2) is 2.79. The van der Waals surface area contributed by atoms with Crippen LogP contribution in [0.5, 0.6) is 0 Å². The van der Waals surface area contributed by atoms with E-state index in [1.807, 2.05) is 0 Å². The van der Waals surface area contributed by atoms with Crippen molar-refractivity contribution >= 4 is 11.9 Å². The standard InChI is InChI=1S/C6H9NO3/c1-7-4-2-5(8)10-6(9)3-4/h4,7H,2-3H2,1H3. The molecule has 4 heteroatoms. The highest BCUT2D eigenvalue weighted by Crippen LogP contribution is 2.07. The molecule has 0 saturated carbocycles. The van der Waals surface area contributed by atoms with Crippen LogP contribution < -0.4 is 5.32 Å². The maximum Gasteiger partial charge on any atom is 0.315 e. The van der Waals surface area contributed by atoms with Crippen molar-refractivity contribution in [1.82, 2.24) is 5.32 Å². The zero-order valence-electron chi connectivity index (χ0n) is 5.72. The second-order valence-corrected chi connectivity index (χ2v) is 2.24. The molecule has 0 aromatic rings. The van der Waals surface area contributed by atoms with Gasteiger partial charge in [-0.1, -0.05) is 0 Å². The van der Waals surface area contributed by atoms with Crippen LogP contribution in [0.25, 0.3) is 0 Å². The number of ether oxygens (including phenoxy) is 1. The monoisotopic (exact) mass is 143 g/mol. The first-order valence-electron chi connectivity index (χ1n) is 3.13. The van der Waals surface area contributed by atoms with Gasteiger partial charge in [-0.2, -0.15) is 0 Å². The fourth-order valence-corrected chi connectivity index (χ4v) is 0.889. The summed E-state index contributed by atoms with van der Waals surface area (Å²) in [4.78, 5) is 21.1. The van der Waals surface area contributed by atoms with Crippen LogP contribution in [0.3, 0.4) is 0 Å². The van der Waals surface area contributed by atoms with Crippen molar-refractivity contribution in [3.63, 3.8) is 0 Å². The molecule has 0 aliphatic carbocycles. The molecule has 1 aliphatic heterocycles. The molecule has 1 N–H and O–H groups in total. The molecule has 1 fully saturated rings. The molecule has 0 unspecified atom stereocenters. The lowest BCUT2D eigenvalue weighted by molar-refractivity contribution is -0.164. The molecule has 4 nitrogen and oxygen atoms in total. The molecule has 0 spiro atoms. The summed E-state index contributed by atoms with van der Waals surface area (Å²) in [6.45, 7) is 0. The van der Waals surface area contributed by atoms with Gasteiger partial charge < -0.3 is 10.1 Å². The zero-order valence-corrected chi connectivity index (χ0v) is 5.72. The number of carbonyl (C=O) groups excluding carboxylic acids is 2. The minimum atomic E-state index is -0.435. The van der Waals surface area contributed by atoms with Gasteiger partial charge in [-0.25, -0.2) is 0 Å². The van der Waals surface area contributed by atoms with E-state index in [4.69, 9.17) is 0 Å². The van der Waals surface area contributed by atoms with Crippen LogP contribution in [0.1, 0.15) is 12.8 Å². The Kier molecular flexibility index (Phi) is 2.01. The Hall–Kier alpha value is -0.900. The first kappa shape index (κ1) is 7.21. The van der Waals surface area contributed by atoms with E-state index < -0.39 is 11.9 Å². The molecule has 1 heterocycles. The Balaban J connectivity index is 2.50. The summed E-state index contributed by atoms with van der Waals surface area (Å²) < 4.78 is 4.30. The van der Waals surface area contributed by atoms with Gasteiger partial charge in [0.25, 0.3) is 0 Å². The van der Waals surface area contributed by atoms with E-state index >= 15 is 0 Å². The van der Waals surface area contributed by atoms with Crippen molar-refractivity contribution < 1.29 is 14.3 Å². The van der Waals surface area contributed by atoms with E-state index in [0.717, 1.165) is 0 Å². The van der Waals surface area contributed by atoms with Crippen LogP contribution >= 0.6 is 0 Å². The second-order valence-electron chi connectivity index (χ2n) is 2.24. The predicted octanol–water partition coefficient (Wildman–Crippen LogP) is -0.562. The highest BCUT2D eigenvalue weighted by Gasteiger charge is 2.25. The molecular formula is C6H9NO3. The maximum atomic E-state index is 10.6. The molecule has 0 aromatic carbocycles. The third-order valence-corrected chi connectivity index (χ3v) is 1.46. The Morgan fingerprint density at radius 2 is 1.90 bits per heavy atom. The minimum absolute atomic E-state index is 0.0336. The number of cyclic esters (lactones) is 2. The van der Waals surface area contributed by atoms with Gasteiger partial charge in [0.15, 0.2) is 0 Å². The van der Waals surface area contributed by atoms with Crippen molar-refractivity contribution in [2.45, 2.75) is 18.9 Å². The zero-order chi connectivity index (χ0) is 7.56. The summed E-state index contributed by atoms with van der Waals surface area (Å²) in [5.41, 5.74) is 0. The van der Waals surface area contributed by atoms with Gasteiger partial charge in [-0.05, 0) is 7.05 Å². The molecular weight excluding hydrogens is 134 g/mol. The molecule has 1 aliphatic rings. The molecule has 1 rings (SSSR count). The van der Waals surface area contributed by atoms with Crippen molar-refractivity contribution in [3.05, 3.63) is 0 Å². The number of esters is 2. The van der Waals surface area contributed by atoms with Crippen LogP contribution in [0.2, 0.25) is 0 Å². The highest BCUT2D eigenvalue weighted by molar-refractivity contribution is 5.89. The molecule has 0 amide bonds. The van der Waals surface area contributed by atoms with Gasteiger partial charge in [0.05, 0.1) is 12.8 Å². The Morgan fingerprint density at radius 1 is 1.40 bits per heavy atom. The predicted molar refractivity (Wildman–Crippen MR) is 33.2 cm³/mol. The maximum absolute atomic E-state index is 10.6. The lowest BCUT2D eigenvalue weighted by Crippen LogP contribution is -2.37. The molecule has 10 heavy (non-hydrogen) atoms. The summed E-state index contributed by atoms with van der Waals surface area (Å²) >= 11 is 0. The number of hydrogen-bond donors (Lipinski definition) is 1. The third-order valence-electron chi connectivity index (χ3n) is 1.46. The molecule has 0 atom stereocenters. The summed E-state index contributed by atoms with van der Waals surface area (Å²) in [5.74, 6) is -0.869. The lowest BCUT2D eigenvalue weighted by Gasteiger charge is -2.18. The number of rotatable bonds is 1. The van der Waals surface area contributed by atoms with Crippen LogP contribution in [-0.4, -0.2) is 25.0 Å². The van der Waals surface area contributed by atoms with E-state index in [1.54, 1.807) is 7.05 Å². The number of carbonyl (C=O) groups is 2. The molecule has 0 bridgehead atoms. The van der Waals surface area contributed by atoms with Gasteiger partial charge in [-0.15, -0.1) is 0 Å². The fourth-order valence-electron chi connectivity index (χ4n) is 0.889. The van der Waals surface area contributed by atoms with Crippen LogP contribution in [-0.2, 0) is 14.3 Å². The molecule has 1 saturated heterocycles. The molecule has 0 radical (unpaired) electrons. The van der Waals surface area contributed by atoms with Crippen LogP contribution in [0.4, 0.5) is 0 Å². The summed E-state index contributed by atoms with van der Waals surface area (Å²) in [6.07, 6.45) is 0.588. The number of hydrogen-bond acceptors (Lipinski definition) is 4. The van der Waals surface area contributed by atoms with Gasteiger partial charge >= 0.3 is 11.9 Å². The summed E-state index contributed by atoms with van der Waals surface area (Å²) in [6, 6.07) is -0.0336. The summed E-state index contributed by atoms with van der Waals surface area (Å²) in [5, 5.41) is 2.84. The van der Waals surface area contributed by atoms with E-state index in [0.29, 0.717) is 12.8 Å². The van der Waals surface area contributed by atoms with Crippen molar-refractivity contribution in [2.24, 2.45) is 0 Å². The quantitative estimate of drug-likeness (QED) is 0.395. The number of nitrogens with one attached hydrogen (secondary N) is 1. The van der Waals surface area contributed by atoms with E-state index in [9.17, 15) is 9.59 Å². The third kappa shape index (κ3) is 1.54. The average molecular weight is 143 g/mol. The normalized spacial score (nSPS) is 20.9. The fraction of sp³-hybridized carbons (Fsp3) is 0.667. The highest BCUT2D eigenvalue weighted by atomic mass is 16.6. The Labute approximate surface area is 58.5 Å². The van der Waals surface area contributed by atoms with Gasteiger partial charge in [0.2, 0.25) is 0 Å². The van der Waals surface area contributed by atoms with Gasteiger partial charge in [0, 0.05) is 6.04 Å². The van der Waals surface area contributed by atoms with E-state index in [2.05, 4.69) is 10.1 Å². The smallest absolute Gasteiger partial charge is 0.315 e. The minimum Gasteiger partial charge on any atom is -0.393 e. The van der Waals surface area contributed by atoms with E-state index in [-0.39, 0.29) is 6.04 Å². The molecule has 0 aromatic heterocycles. The Morgan fingerprint density at radius 3 is 2.30 bits per heavy atom. The summed E-state index contributed by atoms with van der Waals surface area (Å²) in [7, 11) is 1.72. The molecule has 56 valence electrons. The topological polar surface area (TPSA) is 55.4 Å². The largest absolute Gasteiger partial charge is 0.393 e. The first-order chi connectivity index (χ1) is 4.72. The first-order valence-corrected chi connectivity index (χ1v) is 3.13. The van der Waals surface area contributed by atoms with E-state index in [1.165, 1.54) is 0 Å². The SMILES string of the molecule is CNC1CC(=O)OC(=O)C1. The lowest BCUT2D eigenvalue weighted by atomic mass is 10.1. The average Bonchev–Trinajstić information content (AvgIpc) is 1.85. The van der Waals surface area contributed by atoms with Gasteiger partial charge in [0.1, 0.15) is 0 Å².